The van der Waals surface area contributed by atoms with E-state index < -0.39 is 6.18 Å². The maximum Gasteiger partial charge on any atom is 0.458 e. The molecule has 1 aromatic rings. The van der Waals surface area contributed by atoms with Crippen LogP contribution < -0.4 is 0 Å². The number of rotatable bonds is 0. The van der Waals surface area contributed by atoms with Crippen molar-refractivity contribution in [3.8, 4) is 17.9 Å². The molecule has 1 aromatic carbocycles. The Morgan fingerprint density at radius 3 is 1.93 bits per heavy atom. The van der Waals surface area contributed by atoms with E-state index in [9.17, 15) is 13.2 Å². The molecule has 0 atom stereocenters. The Bertz CT molecular complexity index is 412. The van der Waals surface area contributed by atoms with Crippen LogP contribution in [0.3, 0.4) is 0 Å². The van der Waals surface area contributed by atoms with Crippen LogP contribution in [0.2, 0.25) is 0 Å². The lowest BCUT2D eigenvalue weighted by atomic mass is 10.1. The number of hydrogen-bond donors (Lipinski definition) is 0. The monoisotopic (exact) mass is 195 g/mol. The molecule has 14 heavy (non-hydrogen) atoms. The van der Waals surface area contributed by atoms with Gasteiger partial charge in [0.05, 0.1) is 11.6 Å². The van der Waals surface area contributed by atoms with Crippen molar-refractivity contribution in [2.75, 3.05) is 0 Å². The van der Waals surface area contributed by atoms with Gasteiger partial charge in [-0.3, -0.25) is 0 Å². The summed E-state index contributed by atoms with van der Waals surface area (Å²) >= 11 is 0. The van der Waals surface area contributed by atoms with Gasteiger partial charge < -0.3 is 0 Å². The van der Waals surface area contributed by atoms with Crippen molar-refractivity contribution in [1.82, 2.24) is 0 Å². The highest BCUT2D eigenvalue weighted by atomic mass is 19.4. The third kappa shape index (κ3) is 3.20. The van der Waals surface area contributed by atoms with Crippen LogP contribution in [0.15, 0.2) is 24.3 Å². The fraction of sp³-hybridized carbons (Fsp3) is 0.100. The largest absolute Gasteiger partial charge is 0.458 e. The smallest absolute Gasteiger partial charge is 0.192 e. The molecule has 0 aliphatic carbocycles. The van der Waals surface area contributed by atoms with E-state index in [1.165, 1.54) is 24.3 Å². The molecule has 0 aliphatic rings. The van der Waals surface area contributed by atoms with E-state index in [0.29, 0.717) is 5.56 Å². The number of hydrogen-bond acceptors (Lipinski definition) is 1. The van der Waals surface area contributed by atoms with Crippen molar-refractivity contribution in [2.24, 2.45) is 0 Å². The topological polar surface area (TPSA) is 23.8 Å². The third-order valence-electron chi connectivity index (χ3n) is 1.36. The molecule has 0 aliphatic heterocycles. The lowest BCUT2D eigenvalue weighted by molar-refractivity contribution is -0.0696. The number of halogens is 3. The molecule has 0 spiro atoms. The van der Waals surface area contributed by atoms with E-state index in [1.807, 2.05) is 12.0 Å². The fourth-order valence-electron chi connectivity index (χ4n) is 0.771. The van der Waals surface area contributed by atoms with Gasteiger partial charge in [0, 0.05) is 11.5 Å². The van der Waals surface area contributed by atoms with Crippen LogP contribution in [0, 0.1) is 23.2 Å². The highest BCUT2D eigenvalue weighted by Crippen LogP contribution is 2.12. The quantitative estimate of drug-likeness (QED) is 0.583. The second-order valence-corrected chi connectivity index (χ2v) is 2.44. The van der Waals surface area contributed by atoms with E-state index in [-0.39, 0.29) is 5.56 Å². The molecule has 4 heteroatoms. The highest BCUT2D eigenvalue weighted by Gasteiger charge is 2.22. The molecule has 0 bridgehead atoms. The Labute approximate surface area is 78.8 Å². The molecule has 0 fully saturated rings. The van der Waals surface area contributed by atoms with Gasteiger partial charge in [-0.25, -0.2) is 0 Å². The number of nitrogens with zero attached hydrogens (tertiary/aromatic N) is 1. The van der Waals surface area contributed by atoms with Crippen molar-refractivity contribution < 1.29 is 13.2 Å². The van der Waals surface area contributed by atoms with E-state index in [2.05, 4.69) is 0 Å². The molecule has 1 nitrogen and oxygen atoms in total. The first-order chi connectivity index (χ1) is 6.51. The third-order valence-corrected chi connectivity index (χ3v) is 1.36. The van der Waals surface area contributed by atoms with Gasteiger partial charge in [0.25, 0.3) is 0 Å². The standard InChI is InChI=1S/C10H4F3N/c11-10(12,13)6-5-8-1-3-9(7-14)4-2-8/h1-4H. The predicted octanol–water partition coefficient (Wildman–Crippen LogP) is 2.47. The maximum atomic E-state index is 11.7. The number of alkyl halides is 3. The molecule has 0 heterocycles. The van der Waals surface area contributed by atoms with Gasteiger partial charge in [0.1, 0.15) is 0 Å². The second-order valence-electron chi connectivity index (χ2n) is 2.44. The molecule has 0 aromatic heterocycles. The second kappa shape index (κ2) is 3.85. The summed E-state index contributed by atoms with van der Waals surface area (Å²) in [6.45, 7) is 0. The lowest BCUT2D eigenvalue weighted by Crippen LogP contribution is -2.01. The molecule has 70 valence electrons. The zero-order valence-corrected chi connectivity index (χ0v) is 6.89. The Hall–Kier alpha value is -1.94. The molecule has 0 saturated heterocycles. The lowest BCUT2D eigenvalue weighted by Gasteiger charge is -1.93. The Kier molecular flexibility index (Phi) is 2.79. The normalized spacial score (nSPS) is 9.86. The first kappa shape index (κ1) is 10.1. The summed E-state index contributed by atoms with van der Waals surface area (Å²) in [5.41, 5.74) is 0.629. The molecule has 0 amide bonds. The Morgan fingerprint density at radius 1 is 1.00 bits per heavy atom. The maximum absolute atomic E-state index is 11.7. The highest BCUT2D eigenvalue weighted by molar-refractivity contribution is 5.40. The minimum Gasteiger partial charge on any atom is -0.192 e. The number of benzene rings is 1. The van der Waals surface area contributed by atoms with Crippen molar-refractivity contribution in [3.05, 3.63) is 35.4 Å². The first-order valence-corrected chi connectivity index (χ1v) is 3.61. The van der Waals surface area contributed by atoms with Crippen LogP contribution in [0.5, 0.6) is 0 Å². The SMILES string of the molecule is N#Cc1ccc(C#CC(F)(F)F)cc1. The van der Waals surface area contributed by atoms with Gasteiger partial charge in [-0.1, -0.05) is 5.92 Å². The summed E-state index contributed by atoms with van der Waals surface area (Å²) in [4.78, 5) is 0. The Morgan fingerprint density at radius 2 is 1.50 bits per heavy atom. The van der Waals surface area contributed by atoms with Crippen LogP contribution in [-0.2, 0) is 0 Å². The minimum atomic E-state index is -4.48. The fourth-order valence-corrected chi connectivity index (χ4v) is 0.771. The average Bonchev–Trinajstić information content (AvgIpc) is 2.14. The van der Waals surface area contributed by atoms with Gasteiger partial charge in [0.2, 0.25) is 0 Å². The molecule has 0 N–H and O–H groups in total. The average molecular weight is 195 g/mol. The minimum absolute atomic E-state index is 0.237. The molecule has 0 saturated carbocycles. The van der Waals surface area contributed by atoms with Gasteiger partial charge in [-0.05, 0) is 24.3 Å². The van der Waals surface area contributed by atoms with E-state index in [1.54, 1.807) is 0 Å². The summed E-state index contributed by atoms with van der Waals surface area (Å²) in [6.07, 6.45) is -4.48. The van der Waals surface area contributed by atoms with Crippen LogP contribution >= 0.6 is 0 Å². The molecule has 0 radical (unpaired) electrons. The van der Waals surface area contributed by atoms with Crippen molar-refractivity contribution in [1.29, 1.82) is 5.26 Å². The van der Waals surface area contributed by atoms with E-state index in [0.717, 1.165) is 5.92 Å². The van der Waals surface area contributed by atoms with Crippen molar-refractivity contribution in [2.45, 2.75) is 6.18 Å². The van der Waals surface area contributed by atoms with E-state index in [4.69, 9.17) is 5.26 Å². The first-order valence-electron chi connectivity index (χ1n) is 3.61. The molecular weight excluding hydrogens is 191 g/mol. The summed E-state index contributed by atoms with van der Waals surface area (Å²) in [7, 11) is 0. The Balaban J connectivity index is 2.89. The molecular formula is C10H4F3N. The summed E-state index contributed by atoms with van der Waals surface area (Å²) in [5.74, 6) is 3.09. The summed E-state index contributed by atoms with van der Waals surface area (Å²) < 4.78 is 35.0. The molecule has 1 rings (SSSR count). The zero-order chi connectivity index (χ0) is 10.6. The predicted molar refractivity (Wildman–Crippen MR) is 44.1 cm³/mol. The van der Waals surface area contributed by atoms with Gasteiger partial charge in [-0.15, -0.1) is 0 Å². The van der Waals surface area contributed by atoms with Crippen LogP contribution in [0.25, 0.3) is 0 Å². The zero-order valence-electron chi connectivity index (χ0n) is 6.89. The van der Waals surface area contributed by atoms with Crippen molar-refractivity contribution in [3.63, 3.8) is 0 Å². The van der Waals surface area contributed by atoms with Crippen LogP contribution in [0.4, 0.5) is 13.2 Å². The van der Waals surface area contributed by atoms with Gasteiger partial charge >= 0.3 is 6.18 Å². The van der Waals surface area contributed by atoms with Gasteiger partial charge in [0.15, 0.2) is 0 Å². The summed E-state index contributed by atoms with van der Waals surface area (Å²) in [5, 5.41) is 8.42. The van der Waals surface area contributed by atoms with E-state index >= 15 is 0 Å². The number of nitriles is 1. The molecule has 0 unspecified atom stereocenters. The van der Waals surface area contributed by atoms with Crippen LogP contribution in [0.1, 0.15) is 11.1 Å². The van der Waals surface area contributed by atoms with Crippen LogP contribution in [-0.4, -0.2) is 6.18 Å². The van der Waals surface area contributed by atoms with Crippen molar-refractivity contribution >= 4 is 0 Å². The van der Waals surface area contributed by atoms with Gasteiger partial charge in [-0.2, -0.15) is 18.4 Å². The summed E-state index contributed by atoms with van der Waals surface area (Å²) in [6, 6.07) is 7.43.